The van der Waals surface area contributed by atoms with E-state index in [9.17, 15) is 2.87 Å². The zero-order valence-corrected chi connectivity index (χ0v) is 14.4. The normalized spacial score (nSPS) is 28.5. The van der Waals surface area contributed by atoms with E-state index in [2.05, 4.69) is 0 Å². The van der Waals surface area contributed by atoms with Gasteiger partial charge in [-0.1, -0.05) is 0 Å². The first-order valence-electron chi connectivity index (χ1n) is 8.25. The van der Waals surface area contributed by atoms with Crippen LogP contribution in [0.4, 0.5) is 2.87 Å². The fourth-order valence-electron chi connectivity index (χ4n) is 5.44. The average molecular weight is 357 g/mol. The monoisotopic (exact) mass is 358 g/mol. The fourth-order valence-corrected chi connectivity index (χ4v) is 9.23. The first-order chi connectivity index (χ1) is 8.88. The van der Waals surface area contributed by atoms with Crippen LogP contribution in [0.25, 0.3) is 0 Å². The van der Waals surface area contributed by atoms with Crippen LogP contribution in [0.15, 0.2) is 0 Å². The standard InChI is InChI=1S/C16H27.FH.Sn/c1-2-8-13(7-1)16(14-9-3-4-10-14)15-11-5-6-12-15;;/h13-15H,1-12H2;1H;/q;;+1/p-1. The fraction of sp³-hybridized carbons (Fsp3) is 1.00. The summed E-state index contributed by atoms with van der Waals surface area (Å²) in [5.41, 5.74) is 0. The van der Waals surface area contributed by atoms with Gasteiger partial charge in [-0.25, -0.2) is 0 Å². The zero-order valence-electron chi connectivity index (χ0n) is 11.6. The molecule has 3 fully saturated rings. The molecule has 0 aromatic carbocycles. The summed E-state index contributed by atoms with van der Waals surface area (Å²) in [5.74, 6) is 2.42. The summed E-state index contributed by atoms with van der Waals surface area (Å²) >= 11 is -1.67. The predicted octanol–water partition coefficient (Wildman–Crippen LogP) is 5.30. The van der Waals surface area contributed by atoms with Crippen molar-refractivity contribution in [2.24, 2.45) is 17.8 Å². The second-order valence-corrected chi connectivity index (χ2v) is 9.98. The van der Waals surface area contributed by atoms with Crippen LogP contribution >= 0.6 is 0 Å². The molecule has 0 aliphatic heterocycles. The van der Waals surface area contributed by atoms with E-state index in [0.717, 1.165) is 17.8 Å². The van der Waals surface area contributed by atoms with E-state index >= 15 is 0 Å². The van der Waals surface area contributed by atoms with Crippen molar-refractivity contribution in [1.29, 1.82) is 0 Å². The predicted molar refractivity (Wildman–Crippen MR) is 75.4 cm³/mol. The molecule has 3 saturated carbocycles. The van der Waals surface area contributed by atoms with Crippen molar-refractivity contribution in [3.63, 3.8) is 0 Å². The molecule has 0 bridgehead atoms. The number of hydrogen-bond donors (Lipinski definition) is 0. The van der Waals surface area contributed by atoms with E-state index in [0.29, 0.717) is 0 Å². The van der Waals surface area contributed by atoms with Crippen LogP contribution in [0, 0.1) is 17.8 Å². The van der Waals surface area contributed by atoms with Crippen molar-refractivity contribution in [3.8, 4) is 0 Å². The molecule has 0 aromatic heterocycles. The molecule has 0 unspecified atom stereocenters. The molecule has 0 saturated heterocycles. The molecule has 2 radical (unpaired) electrons. The van der Waals surface area contributed by atoms with E-state index in [4.69, 9.17) is 0 Å². The Bertz CT molecular complexity index is 219. The Hall–Kier alpha value is 0.729. The minimum atomic E-state index is -1.67. The van der Waals surface area contributed by atoms with Crippen LogP contribution in [0.3, 0.4) is 0 Å². The van der Waals surface area contributed by atoms with E-state index in [1.165, 1.54) is 77.0 Å². The molecule has 0 nitrogen and oxygen atoms in total. The Morgan fingerprint density at radius 3 is 1.11 bits per heavy atom. The van der Waals surface area contributed by atoms with Crippen LogP contribution in [0.5, 0.6) is 0 Å². The molecule has 102 valence electrons. The van der Waals surface area contributed by atoms with Gasteiger partial charge >= 0.3 is 123 Å². The van der Waals surface area contributed by atoms with Gasteiger partial charge < -0.3 is 0 Å². The van der Waals surface area contributed by atoms with Crippen LogP contribution in [-0.4, -0.2) is 21.7 Å². The molecule has 0 heterocycles. The van der Waals surface area contributed by atoms with E-state index in [-0.39, 0.29) is 3.43 Å². The van der Waals surface area contributed by atoms with Gasteiger partial charge in [-0.2, -0.15) is 0 Å². The number of rotatable bonds is 4. The first kappa shape index (κ1) is 13.7. The molecule has 0 atom stereocenters. The second kappa shape index (κ2) is 6.01. The van der Waals surface area contributed by atoms with Crippen molar-refractivity contribution < 1.29 is 2.87 Å². The van der Waals surface area contributed by atoms with Crippen LogP contribution in [0.1, 0.15) is 77.0 Å². The Kier molecular flexibility index (Phi) is 4.58. The Labute approximate surface area is 122 Å². The maximum atomic E-state index is 14.4. The van der Waals surface area contributed by atoms with E-state index in [1.807, 2.05) is 0 Å². The molecule has 3 rings (SSSR count). The summed E-state index contributed by atoms with van der Waals surface area (Å²) in [5, 5.41) is 0. The Morgan fingerprint density at radius 1 is 0.611 bits per heavy atom. The van der Waals surface area contributed by atoms with E-state index < -0.39 is 21.7 Å². The van der Waals surface area contributed by atoms with Gasteiger partial charge in [0.1, 0.15) is 0 Å². The summed E-state index contributed by atoms with van der Waals surface area (Å²) in [4.78, 5) is 0. The molecule has 2 heteroatoms. The number of hydrogen-bond acceptors (Lipinski definition) is 0. The van der Waals surface area contributed by atoms with Gasteiger partial charge in [0.05, 0.1) is 0 Å². The molecular weight excluding hydrogens is 330 g/mol. The summed E-state index contributed by atoms with van der Waals surface area (Å²) in [7, 11) is 0. The summed E-state index contributed by atoms with van der Waals surface area (Å²) in [6.45, 7) is 0. The third-order valence-corrected chi connectivity index (χ3v) is 10.7. The van der Waals surface area contributed by atoms with Gasteiger partial charge in [-0.3, -0.25) is 0 Å². The topological polar surface area (TPSA) is 0 Å². The van der Waals surface area contributed by atoms with Gasteiger partial charge in [0.15, 0.2) is 0 Å². The van der Waals surface area contributed by atoms with E-state index in [1.54, 1.807) is 0 Å². The second-order valence-electron chi connectivity index (χ2n) is 6.97. The van der Waals surface area contributed by atoms with Gasteiger partial charge in [0.25, 0.3) is 0 Å². The first-order valence-corrected chi connectivity index (χ1v) is 10.8. The van der Waals surface area contributed by atoms with Crippen molar-refractivity contribution >= 4 is 21.7 Å². The van der Waals surface area contributed by atoms with Crippen molar-refractivity contribution in [3.05, 3.63) is 0 Å². The molecule has 18 heavy (non-hydrogen) atoms. The quantitative estimate of drug-likeness (QED) is 0.599. The van der Waals surface area contributed by atoms with Crippen molar-refractivity contribution in [1.82, 2.24) is 0 Å². The van der Waals surface area contributed by atoms with Crippen molar-refractivity contribution in [2.45, 2.75) is 80.5 Å². The molecule has 0 aromatic rings. The third-order valence-electron chi connectivity index (χ3n) is 6.26. The number of halogens is 1. The van der Waals surface area contributed by atoms with Crippen LogP contribution < -0.4 is 0 Å². The van der Waals surface area contributed by atoms with Gasteiger partial charge in [-0.15, -0.1) is 0 Å². The molecule has 0 N–H and O–H groups in total. The van der Waals surface area contributed by atoms with Gasteiger partial charge in [0.2, 0.25) is 0 Å². The molecule has 0 spiro atoms. The maximum absolute atomic E-state index is 14.4. The molecule has 0 amide bonds. The van der Waals surface area contributed by atoms with Crippen LogP contribution in [-0.2, 0) is 0 Å². The third kappa shape index (κ3) is 2.27. The Morgan fingerprint density at radius 2 is 0.889 bits per heavy atom. The van der Waals surface area contributed by atoms with Crippen LogP contribution in [0.2, 0.25) is 3.43 Å². The molecule has 3 aliphatic carbocycles. The molecule has 3 aliphatic rings. The minimum absolute atomic E-state index is 0.285. The summed E-state index contributed by atoms with van der Waals surface area (Å²) in [6, 6.07) is 0. The average Bonchev–Trinajstić information content (AvgIpc) is 3.16. The zero-order chi connectivity index (χ0) is 12.4. The SMILES string of the molecule is [F][Sn][C](C1CCCC1)(C1CCCC1)C1CCCC1. The summed E-state index contributed by atoms with van der Waals surface area (Å²) < 4.78 is 14.7. The van der Waals surface area contributed by atoms with Gasteiger partial charge in [0, 0.05) is 0 Å². The van der Waals surface area contributed by atoms with Crippen molar-refractivity contribution in [2.75, 3.05) is 0 Å². The summed E-state index contributed by atoms with van der Waals surface area (Å²) in [6.07, 6.45) is 16.6. The Balaban J connectivity index is 1.87. The van der Waals surface area contributed by atoms with Gasteiger partial charge in [-0.05, 0) is 0 Å². The molecular formula is C16H27FSn.